The van der Waals surface area contributed by atoms with Crippen LogP contribution in [0.25, 0.3) is 0 Å². The molecule has 0 radical (unpaired) electrons. The van der Waals surface area contributed by atoms with Gasteiger partial charge >= 0.3 is 0 Å². The van der Waals surface area contributed by atoms with E-state index in [2.05, 4.69) is 12.1 Å². The van der Waals surface area contributed by atoms with Gasteiger partial charge in [0.25, 0.3) is 0 Å². The summed E-state index contributed by atoms with van der Waals surface area (Å²) in [6.45, 7) is 0. The molecule has 0 unspecified atom stereocenters. The molecule has 1 heteroatoms. The quantitative estimate of drug-likeness (QED) is 0.601. The summed E-state index contributed by atoms with van der Waals surface area (Å²) in [6, 6.07) is 2.49. The summed E-state index contributed by atoms with van der Waals surface area (Å²) in [5.41, 5.74) is 4.05. The molecule has 1 nitrogen and oxygen atoms in total. The van der Waals surface area contributed by atoms with Crippen LogP contribution in [0.2, 0.25) is 0 Å². The van der Waals surface area contributed by atoms with Crippen LogP contribution in [0.15, 0.2) is 22.8 Å². The Balaban J connectivity index is 2.21. The summed E-state index contributed by atoms with van der Waals surface area (Å²) >= 11 is 0. The average Bonchev–Trinajstić information content (AvgIpc) is 2.30. The highest BCUT2D eigenvalue weighted by Crippen LogP contribution is 2.32. The van der Waals surface area contributed by atoms with Gasteiger partial charge in [0.2, 0.25) is 0 Å². The molecule has 18 heavy (non-hydrogen) atoms. The van der Waals surface area contributed by atoms with Crippen LogP contribution in [-0.4, -0.2) is 0 Å². The minimum Gasteiger partial charge on any atom is -0.193 e. The zero-order valence-corrected chi connectivity index (χ0v) is 11.5. The molecule has 0 aromatic rings. The Labute approximate surface area is 112 Å². The molecule has 2 rings (SSSR count). The van der Waals surface area contributed by atoms with E-state index in [1.807, 2.05) is 0 Å². The van der Waals surface area contributed by atoms with Crippen molar-refractivity contribution in [2.24, 2.45) is 0 Å². The van der Waals surface area contributed by atoms with Crippen molar-refractivity contribution in [2.75, 3.05) is 0 Å². The van der Waals surface area contributed by atoms with Crippen LogP contribution in [0.3, 0.4) is 0 Å². The Bertz CT molecular complexity index is 368. The summed E-state index contributed by atoms with van der Waals surface area (Å²) in [5.74, 6) is 0. The number of hydrogen-bond donors (Lipinski definition) is 0. The van der Waals surface area contributed by atoms with Crippen LogP contribution in [0.5, 0.6) is 0 Å². The lowest BCUT2D eigenvalue weighted by molar-refractivity contribution is 0.600. The predicted octanol–water partition coefficient (Wildman–Crippen LogP) is 5.44. The largest absolute Gasteiger partial charge is 0.193 e. The van der Waals surface area contributed by atoms with Gasteiger partial charge < -0.3 is 0 Å². The normalized spacial score (nSPS) is 30.1. The molecule has 0 saturated carbocycles. The van der Waals surface area contributed by atoms with Crippen molar-refractivity contribution in [1.82, 2.24) is 0 Å². The highest BCUT2D eigenvalue weighted by atomic mass is 14.3. The fourth-order valence-electron chi connectivity index (χ4n) is 3.20. The number of nitriles is 1. The van der Waals surface area contributed by atoms with Gasteiger partial charge in [-0.2, -0.15) is 5.26 Å². The first-order valence-electron chi connectivity index (χ1n) is 7.73. The Morgan fingerprint density at radius 3 is 2.22 bits per heavy atom. The van der Waals surface area contributed by atoms with Gasteiger partial charge in [0.1, 0.15) is 0 Å². The van der Waals surface area contributed by atoms with Gasteiger partial charge in [-0.25, -0.2) is 0 Å². The van der Waals surface area contributed by atoms with Crippen molar-refractivity contribution in [1.29, 1.82) is 5.26 Å². The van der Waals surface area contributed by atoms with Crippen LogP contribution < -0.4 is 0 Å². The summed E-state index contributed by atoms with van der Waals surface area (Å²) in [6.07, 6.45) is 17.6. The Hall–Kier alpha value is -1.03. The third kappa shape index (κ3) is 3.73. The van der Waals surface area contributed by atoms with E-state index in [0.717, 1.165) is 18.4 Å². The molecule has 0 atom stereocenters. The second kappa shape index (κ2) is 7.41. The van der Waals surface area contributed by atoms with Crippen LogP contribution in [0.1, 0.15) is 77.0 Å². The van der Waals surface area contributed by atoms with Crippen molar-refractivity contribution in [3.63, 3.8) is 0 Å². The molecule has 0 bridgehead atoms. The maximum absolute atomic E-state index is 9.40. The van der Waals surface area contributed by atoms with E-state index < -0.39 is 0 Å². The van der Waals surface area contributed by atoms with Crippen molar-refractivity contribution in [3.05, 3.63) is 22.8 Å². The number of rotatable bonds is 1. The molecule has 98 valence electrons. The van der Waals surface area contributed by atoms with E-state index in [4.69, 9.17) is 0 Å². The van der Waals surface area contributed by atoms with Crippen molar-refractivity contribution in [2.45, 2.75) is 77.0 Å². The summed E-state index contributed by atoms with van der Waals surface area (Å²) in [5, 5.41) is 9.40. The molecular formula is C17H25N. The molecule has 0 spiro atoms. The standard InChI is InChI=1S/C17H25N/c18-14-16-12-8-4-5-9-13-17(16)15-10-6-2-1-3-7-11-15/h10H,1-9,11-13H2/b15-10-,17-16-. The second-order valence-electron chi connectivity index (χ2n) is 5.67. The lowest BCUT2D eigenvalue weighted by atomic mass is 9.86. The molecule has 0 fully saturated rings. The average molecular weight is 243 g/mol. The Morgan fingerprint density at radius 1 is 0.778 bits per heavy atom. The molecular weight excluding hydrogens is 218 g/mol. The van der Waals surface area contributed by atoms with Crippen LogP contribution in [0, 0.1) is 11.3 Å². The highest BCUT2D eigenvalue weighted by Gasteiger charge is 2.14. The zero-order chi connectivity index (χ0) is 12.6. The molecule has 0 aliphatic heterocycles. The fraction of sp³-hybridized carbons (Fsp3) is 0.706. The molecule has 2 aliphatic rings. The van der Waals surface area contributed by atoms with E-state index in [9.17, 15) is 5.26 Å². The third-order valence-electron chi connectivity index (χ3n) is 4.28. The lowest BCUT2D eigenvalue weighted by Crippen LogP contribution is -2.01. The number of nitrogens with zero attached hydrogens (tertiary/aromatic N) is 1. The van der Waals surface area contributed by atoms with Crippen LogP contribution in [-0.2, 0) is 0 Å². The topological polar surface area (TPSA) is 23.8 Å². The number of hydrogen-bond acceptors (Lipinski definition) is 1. The lowest BCUT2D eigenvalue weighted by Gasteiger charge is -2.19. The van der Waals surface area contributed by atoms with Gasteiger partial charge in [0.15, 0.2) is 0 Å². The molecule has 2 aliphatic carbocycles. The summed E-state index contributed by atoms with van der Waals surface area (Å²) in [7, 11) is 0. The molecule has 0 N–H and O–H groups in total. The van der Waals surface area contributed by atoms with Crippen LogP contribution >= 0.6 is 0 Å². The van der Waals surface area contributed by atoms with Crippen molar-refractivity contribution < 1.29 is 0 Å². The summed E-state index contributed by atoms with van der Waals surface area (Å²) in [4.78, 5) is 0. The van der Waals surface area contributed by atoms with E-state index in [-0.39, 0.29) is 0 Å². The highest BCUT2D eigenvalue weighted by molar-refractivity contribution is 5.41. The van der Waals surface area contributed by atoms with Crippen LogP contribution in [0.4, 0.5) is 0 Å². The van der Waals surface area contributed by atoms with Gasteiger partial charge in [-0.05, 0) is 62.5 Å². The fourth-order valence-corrected chi connectivity index (χ4v) is 3.20. The van der Waals surface area contributed by atoms with Crippen molar-refractivity contribution >= 4 is 0 Å². The van der Waals surface area contributed by atoms with Gasteiger partial charge in [-0.15, -0.1) is 0 Å². The third-order valence-corrected chi connectivity index (χ3v) is 4.28. The predicted molar refractivity (Wildman–Crippen MR) is 76.1 cm³/mol. The first kappa shape index (κ1) is 13.4. The van der Waals surface area contributed by atoms with Crippen molar-refractivity contribution in [3.8, 4) is 6.07 Å². The first-order chi connectivity index (χ1) is 8.92. The first-order valence-corrected chi connectivity index (χ1v) is 7.73. The molecule has 0 heterocycles. The van der Waals surface area contributed by atoms with E-state index >= 15 is 0 Å². The molecule has 0 aromatic carbocycles. The maximum Gasteiger partial charge on any atom is 0.0950 e. The van der Waals surface area contributed by atoms with Gasteiger partial charge in [0.05, 0.1) is 6.07 Å². The smallest absolute Gasteiger partial charge is 0.0950 e. The second-order valence-corrected chi connectivity index (χ2v) is 5.67. The number of allylic oxidation sites excluding steroid dienone is 4. The van der Waals surface area contributed by atoms with E-state index in [1.165, 1.54) is 75.4 Å². The maximum atomic E-state index is 9.40. The van der Waals surface area contributed by atoms with Gasteiger partial charge in [-0.1, -0.05) is 31.8 Å². The minimum atomic E-state index is 1.02. The minimum absolute atomic E-state index is 1.02. The van der Waals surface area contributed by atoms with E-state index in [1.54, 1.807) is 0 Å². The SMILES string of the molecule is N#C/C1=C(\C2=C/CCCCCC2)CCCCCC1. The molecule has 0 amide bonds. The summed E-state index contributed by atoms with van der Waals surface area (Å²) < 4.78 is 0. The monoisotopic (exact) mass is 243 g/mol. The van der Waals surface area contributed by atoms with Gasteiger partial charge in [0, 0.05) is 5.57 Å². The Morgan fingerprint density at radius 2 is 1.44 bits per heavy atom. The Kier molecular flexibility index (Phi) is 5.52. The zero-order valence-electron chi connectivity index (χ0n) is 11.5. The van der Waals surface area contributed by atoms with E-state index in [0.29, 0.717) is 0 Å². The molecule has 0 aromatic heterocycles. The molecule has 0 saturated heterocycles. The van der Waals surface area contributed by atoms with Gasteiger partial charge in [-0.3, -0.25) is 0 Å².